The van der Waals surface area contributed by atoms with Gasteiger partial charge < -0.3 is 0 Å². The standard InChI is InChI=1S/C8H12F6O6S2/c1-5(19-21(15,16)3-7(9,10)11)6(2)20-22(17,18)4-8(12,13)14/h5-6H,3-4H2,1-2H3. The third kappa shape index (κ3) is 10.2. The molecule has 0 bridgehead atoms. The molecule has 0 aromatic rings. The summed E-state index contributed by atoms with van der Waals surface area (Å²) in [5.41, 5.74) is 0. The van der Waals surface area contributed by atoms with E-state index in [2.05, 4.69) is 8.37 Å². The molecule has 2 unspecified atom stereocenters. The number of rotatable bonds is 7. The first kappa shape index (κ1) is 21.4. The van der Waals surface area contributed by atoms with Gasteiger partial charge in [-0.2, -0.15) is 43.2 Å². The zero-order chi connectivity index (χ0) is 18.0. The molecule has 0 aromatic heterocycles. The molecule has 0 heterocycles. The Labute approximate surface area is 122 Å². The second-order valence-corrected chi connectivity index (χ2v) is 7.43. The van der Waals surface area contributed by atoms with Crippen LogP contribution >= 0.6 is 0 Å². The Balaban J connectivity index is 4.79. The Hall–Kier alpha value is -0.600. The highest BCUT2D eigenvalue weighted by molar-refractivity contribution is 7.87. The summed E-state index contributed by atoms with van der Waals surface area (Å²) in [6.07, 6.45) is -13.7. The summed E-state index contributed by atoms with van der Waals surface area (Å²) in [6.45, 7) is 1.67. The summed E-state index contributed by atoms with van der Waals surface area (Å²) in [5, 5.41) is 0. The van der Waals surface area contributed by atoms with Crippen molar-refractivity contribution in [3.05, 3.63) is 0 Å². The molecule has 6 nitrogen and oxygen atoms in total. The Kier molecular flexibility index (Phi) is 6.69. The van der Waals surface area contributed by atoms with Crippen molar-refractivity contribution in [1.82, 2.24) is 0 Å². The van der Waals surface area contributed by atoms with Gasteiger partial charge in [0.05, 0.1) is 0 Å². The zero-order valence-electron chi connectivity index (χ0n) is 11.1. The van der Waals surface area contributed by atoms with Crippen LogP contribution in [0.3, 0.4) is 0 Å². The van der Waals surface area contributed by atoms with Crippen molar-refractivity contribution in [1.29, 1.82) is 0 Å². The minimum absolute atomic E-state index is 0.835. The van der Waals surface area contributed by atoms with Crippen LogP contribution in [0.25, 0.3) is 0 Å². The van der Waals surface area contributed by atoms with Gasteiger partial charge in [0.1, 0.15) is 12.2 Å². The molecule has 0 radical (unpaired) electrons. The molecule has 0 amide bonds. The van der Waals surface area contributed by atoms with Crippen LogP contribution < -0.4 is 0 Å². The lowest BCUT2D eigenvalue weighted by Crippen LogP contribution is -2.36. The molecule has 0 aromatic carbocycles. The molecule has 0 spiro atoms. The molecular formula is C8H12F6O6S2. The van der Waals surface area contributed by atoms with E-state index in [0.717, 1.165) is 13.8 Å². The highest BCUT2D eigenvalue weighted by Crippen LogP contribution is 2.22. The monoisotopic (exact) mass is 382 g/mol. The van der Waals surface area contributed by atoms with Crippen LogP contribution in [0.5, 0.6) is 0 Å². The normalized spacial score (nSPS) is 17.3. The number of hydrogen-bond acceptors (Lipinski definition) is 6. The summed E-state index contributed by atoms with van der Waals surface area (Å²) in [7, 11) is -10.2. The zero-order valence-corrected chi connectivity index (χ0v) is 12.7. The van der Waals surface area contributed by atoms with E-state index >= 15 is 0 Å². The Morgan fingerprint density at radius 2 is 0.955 bits per heavy atom. The van der Waals surface area contributed by atoms with Gasteiger partial charge in [0.2, 0.25) is 0 Å². The Morgan fingerprint density at radius 1 is 0.727 bits per heavy atom. The van der Waals surface area contributed by atoms with E-state index in [9.17, 15) is 43.2 Å². The molecule has 0 aliphatic rings. The van der Waals surface area contributed by atoms with Gasteiger partial charge in [-0.1, -0.05) is 0 Å². The molecule has 0 N–H and O–H groups in total. The molecule has 0 aliphatic heterocycles. The average Bonchev–Trinajstić information content (AvgIpc) is 2.06. The topological polar surface area (TPSA) is 86.7 Å². The number of alkyl halides is 6. The maximum Gasteiger partial charge on any atom is 0.405 e. The first-order valence-corrected chi connectivity index (χ1v) is 8.53. The van der Waals surface area contributed by atoms with Crippen molar-refractivity contribution < 1.29 is 51.5 Å². The van der Waals surface area contributed by atoms with Crippen LogP contribution in [-0.4, -0.2) is 52.9 Å². The average molecular weight is 382 g/mol. The minimum Gasteiger partial charge on any atom is -0.264 e. The van der Waals surface area contributed by atoms with E-state index in [0.29, 0.717) is 0 Å². The van der Waals surface area contributed by atoms with Gasteiger partial charge >= 0.3 is 12.4 Å². The maximum atomic E-state index is 11.9. The van der Waals surface area contributed by atoms with E-state index < -0.39 is 56.3 Å². The van der Waals surface area contributed by atoms with Crippen LogP contribution in [0, 0.1) is 0 Å². The largest absolute Gasteiger partial charge is 0.405 e. The van der Waals surface area contributed by atoms with E-state index in [4.69, 9.17) is 0 Å². The van der Waals surface area contributed by atoms with Crippen molar-refractivity contribution in [2.45, 2.75) is 38.4 Å². The number of hydrogen-bond donors (Lipinski definition) is 0. The molecule has 0 fully saturated rings. The molecule has 14 heteroatoms. The molecular weight excluding hydrogens is 370 g/mol. The molecule has 0 saturated heterocycles. The van der Waals surface area contributed by atoms with Crippen LogP contribution in [0.1, 0.15) is 13.8 Å². The summed E-state index contributed by atoms with van der Waals surface area (Å²) in [4.78, 5) is 0. The predicted octanol–water partition coefficient (Wildman–Crippen LogP) is 1.58. The summed E-state index contributed by atoms with van der Waals surface area (Å²) < 4.78 is 124. The molecule has 0 aliphatic carbocycles. The van der Waals surface area contributed by atoms with E-state index in [1.807, 2.05) is 0 Å². The second kappa shape index (κ2) is 6.88. The van der Waals surface area contributed by atoms with Gasteiger partial charge in [0.15, 0.2) is 11.5 Å². The summed E-state index contributed by atoms with van der Waals surface area (Å²) in [6, 6.07) is 0. The van der Waals surface area contributed by atoms with E-state index in [-0.39, 0.29) is 0 Å². The van der Waals surface area contributed by atoms with Gasteiger partial charge in [-0.3, -0.25) is 8.37 Å². The first-order chi connectivity index (χ1) is 9.43. The lowest BCUT2D eigenvalue weighted by Gasteiger charge is -2.20. The fourth-order valence-electron chi connectivity index (χ4n) is 1.09. The highest BCUT2D eigenvalue weighted by Gasteiger charge is 2.39. The summed E-state index contributed by atoms with van der Waals surface area (Å²) >= 11 is 0. The first-order valence-electron chi connectivity index (χ1n) is 5.38. The smallest absolute Gasteiger partial charge is 0.264 e. The van der Waals surface area contributed by atoms with Gasteiger partial charge in [0.25, 0.3) is 20.2 Å². The lowest BCUT2D eigenvalue weighted by atomic mass is 10.3. The minimum atomic E-state index is -5.10. The predicted molar refractivity (Wildman–Crippen MR) is 60.8 cm³/mol. The molecule has 0 rings (SSSR count). The summed E-state index contributed by atoms with van der Waals surface area (Å²) in [5.74, 6) is -4.65. The van der Waals surface area contributed by atoms with Gasteiger partial charge in [-0.05, 0) is 13.8 Å². The third-order valence-corrected chi connectivity index (χ3v) is 4.49. The highest BCUT2D eigenvalue weighted by atomic mass is 32.2. The van der Waals surface area contributed by atoms with Crippen LogP contribution in [-0.2, 0) is 28.6 Å². The second-order valence-electron chi connectivity index (χ2n) is 4.24. The molecule has 134 valence electrons. The SMILES string of the molecule is CC(OS(=O)(=O)CC(F)(F)F)C(C)OS(=O)(=O)CC(F)(F)F. The van der Waals surface area contributed by atoms with Crippen LogP contribution in [0.2, 0.25) is 0 Å². The van der Waals surface area contributed by atoms with Crippen molar-refractivity contribution in [2.24, 2.45) is 0 Å². The van der Waals surface area contributed by atoms with Crippen LogP contribution in [0.15, 0.2) is 0 Å². The quantitative estimate of drug-likeness (QED) is 0.491. The fourth-order valence-corrected chi connectivity index (χ4v) is 3.26. The lowest BCUT2D eigenvalue weighted by molar-refractivity contribution is -0.110. The fraction of sp³-hybridized carbons (Fsp3) is 1.00. The van der Waals surface area contributed by atoms with Gasteiger partial charge in [-0.25, -0.2) is 0 Å². The molecule has 2 atom stereocenters. The molecule has 0 saturated carbocycles. The van der Waals surface area contributed by atoms with Gasteiger partial charge in [-0.15, -0.1) is 0 Å². The van der Waals surface area contributed by atoms with Crippen molar-refractivity contribution >= 4 is 20.2 Å². The third-order valence-electron chi connectivity index (χ3n) is 1.94. The van der Waals surface area contributed by atoms with Crippen LogP contribution in [0.4, 0.5) is 26.3 Å². The van der Waals surface area contributed by atoms with E-state index in [1.165, 1.54) is 0 Å². The Bertz CT molecular complexity index is 511. The number of halogens is 6. The molecule has 22 heavy (non-hydrogen) atoms. The van der Waals surface area contributed by atoms with Crippen molar-refractivity contribution in [3.63, 3.8) is 0 Å². The maximum absolute atomic E-state index is 11.9. The van der Waals surface area contributed by atoms with E-state index in [1.54, 1.807) is 0 Å². The van der Waals surface area contributed by atoms with Crippen molar-refractivity contribution in [2.75, 3.05) is 11.5 Å². The van der Waals surface area contributed by atoms with Gasteiger partial charge in [0, 0.05) is 0 Å². The van der Waals surface area contributed by atoms with Crippen molar-refractivity contribution in [3.8, 4) is 0 Å². The Morgan fingerprint density at radius 3 is 1.14 bits per heavy atom.